The van der Waals surface area contributed by atoms with Gasteiger partial charge < -0.3 is 5.32 Å². The van der Waals surface area contributed by atoms with Crippen molar-refractivity contribution in [3.05, 3.63) is 58.5 Å². The number of rotatable bonds is 4. The summed E-state index contributed by atoms with van der Waals surface area (Å²) < 4.78 is 2.92. The van der Waals surface area contributed by atoms with Gasteiger partial charge in [0.25, 0.3) is 0 Å². The van der Waals surface area contributed by atoms with E-state index in [1.165, 1.54) is 5.56 Å². The lowest BCUT2D eigenvalue weighted by Gasteiger charge is -2.20. The van der Waals surface area contributed by atoms with Crippen LogP contribution in [-0.4, -0.2) is 21.3 Å². The van der Waals surface area contributed by atoms with Crippen LogP contribution in [0.25, 0.3) is 10.9 Å². The molecule has 1 unspecified atom stereocenters. The van der Waals surface area contributed by atoms with Crippen molar-refractivity contribution in [2.75, 3.05) is 6.54 Å². The van der Waals surface area contributed by atoms with Gasteiger partial charge in [-0.2, -0.15) is 5.10 Å². The van der Waals surface area contributed by atoms with Gasteiger partial charge in [-0.3, -0.25) is 9.67 Å². The number of fused-ring (bicyclic) bond motifs is 1. The van der Waals surface area contributed by atoms with E-state index < -0.39 is 0 Å². The number of pyridine rings is 1. The maximum absolute atomic E-state index is 4.38. The molecule has 2 aromatic heterocycles. The predicted octanol–water partition coefficient (Wildman–Crippen LogP) is 3.43. The second kappa shape index (κ2) is 5.95. The van der Waals surface area contributed by atoms with Gasteiger partial charge in [0.05, 0.1) is 27.9 Å². The molecule has 1 N–H and O–H groups in total. The van der Waals surface area contributed by atoms with Gasteiger partial charge in [-0.25, -0.2) is 0 Å². The molecule has 0 amide bonds. The highest BCUT2D eigenvalue weighted by atomic mass is 79.9. The van der Waals surface area contributed by atoms with Crippen LogP contribution in [0.1, 0.15) is 24.2 Å². The van der Waals surface area contributed by atoms with Crippen LogP contribution in [0.15, 0.2) is 47.2 Å². The summed E-state index contributed by atoms with van der Waals surface area (Å²) in [4.78, 5) is 4.38. The van der Waals surface area contributed by atoms with Gasteiger partial charge >= 0.3 is 0 Å². The third kappa shape index (κ3) is 2.71. The average Bonchev–Trinajstić information content (AvgIpc) is 2.84. The monoisotopic (exact) mass is 344 g/mol. The minimum Gasteiger partial charge on any atom is -0.305 e. The second-order valence-electron chi connectivity index (χ2n) is 4.95. The van der Waals surface area contributed by atoms with Crippen LogP contribution in [0.4, 0.5) is 0 Å². The lowest BCUT2D eigenvalue weighted by molar-refractivity contribution is 0.571. The number of hydrogen-bond donors (Lipinski definition) is 1. The maximum Gasteiger partial charge on any atom is 0.0759 e. The van der Waals surface area contributed by atoms with Crippen molar-refractivity contribution in [1.82, 2.24) is 20.1 Å². The Morgan fingerprint density at radius 1 is 1.33 bits per heavy atom. The zero-order chi connectivity index (χ0) is 14.8. The van der Waals surface area contributed by atoms with Gasteiger partial charge in [0.15, 0.2) is 0 Å². The Kier molecular flexibility index (Phi) is 4.03. The Hall–Kier alpha value is -1.72. The van der Waals surface area contributed by atoms with Crippen LogP contribution >= 0.6 is 15.9 Å². The first-order valence-electron chi connectivity index (χ1n) is 6.96. The summed E-state index contributed by atoms with van der Waals surface area (Å²) in [5.41, 5.74) is 3.35. The Morgan fingerprint density at radius 3 is 2.90 bits per heavy atom. The third-order valence-electron chi connectivity index (χ3n) is 3.58. The van der Waals surface area contributed by atoms with Crippen molar-refractivity contribution in [2.24, 2.45) is 7.05 Å². The molecule has 0 radical (unpaired) electrons. The number of hydrogen-bond acceptors (Lipinski definition) is 3. The molecular formula is C16H17BrN4. The third-order valence-corrected chi connectivity index (χ3v) is 4.19. The number of aromatic nitrogens is 3. The summed E-state index contributed by atoms with van der Waals surface area (Å²) in [5, 5.41) is 9.01. The number of nitrogens with one attached hydrogen (secondary N) is 1. The van der Waals surface area contributed by atoms with E-state index in [9.17, 15) is 0 Å². The van der Waals surface area contributed by atoms with E-state index in [4.69, 9.17) is 0 Å². The molecule has 3 rings (SSSR count). The molecule has 0 aliphatic carbocycles. The van der Waals surface area contributed by atoms with Crippen LogP contribution in [0.3, 0.4) is 0 Å². The van der Waals surface area contributed by atoms with Crippen molar-refractivity contribution in [1.29, 1.82) is 0 Å². The fraction of sp³-hybridized carbons (Fsp3) is 0.250. The van der Waals surface area contributed by atoms with E-state index in [1.807, 2.05) is 30.2 Å². The van der Waals surface area contributed by atoms with Gasteiger partial charge in [0, 0.05) is 18.6 Å². The fourth-order valence-corrected chi connectivity index (χ4v) is 3.17. The predicted molar refractivity (Wildman–Crippen MR) is 88.2 cm³/mol. The standard InChI is InChI=1S/C16H17BrN4/c1-3-18-15(16-13(17)10-20-21(16)2)12-6-7-14-11(9-12)5-4-8-19-14/h4-10,15,18H,3H2,1-2H3. The minimum absolute atomic E-state index is 0.0986. The Morgan fingerprint density at radius 2 is 2.19 bits per heavy atom. The van der Waals surface area contributed by atoms with Crippen molar-refractivity contribution in [3.8, 4) is 0 Å². The first-order chi connectivity index (χ1) is 10.2. The van der Waals surface area contributed by atoms with E-state index in [1.54, 1.807) is 0 Å². The summed E-state index contributed by atoms with van der Waals surface area (Å²) in [6.07, 6.45) is 3.66. The highest BCUT2D eigenvalue weighted by molar-refractivity contribution is 9.10. The Labute approximate surface area is 132 Å². The molecule has 1 atom stereocenters. The molecule has 0 saturated carbocycles. The van der Waals surface area contributed by atoms with Crippen LogP contribution < -0.4 is 5.32 Å². The van der Waals surface area contributed by atoms with E-state index in [0.717, 1.165) is 27.6 Å². The summed E-state index contributed by atoms with van der Waals surface area (Å²) in [7, 11) is 1.97. The summed E-state index contributed by atoms with van der Waals surface area (Å²) in [5.74, 6) is 0. The average molecular weight is 345 g/mol. The molecule has 3 aromatic rings. The van der Waals surface area contributed by atoms with Crippen LogP contribution in [0, 0.1) is 0 Å². The Balaban J connectivity index is 2.11. The summed E-state index contributed by atoms with van der Waals surface area (Å²) in [6.45, 7) is 2.99. The van der Waals surface area contributed by atoms with Crippen molar-refractivity contribution in [3.63, 3.8) is 0 Å². The largest absolute Gasteiger partial charge is 0.305 e. The first kappa shape index (κ1) is 14.2. The van der Waals surface area contributed by atoms with Gasteiger partial charge in [0.1, 0.15) is 0 Å². The molecule has 0 aliphatic rings. The second-order valence-corrected chi connectivity index (χ2v) is 5.80. The lowest BCUT2D eigenvalue weighted by Crippen LogP contribution is -2.24. The highest BCUT2D eigenvalue weighted by Gasteiger charge is 2.20. The number of nitrogens with zero attached hydrogens (tertiary/aromatic N) is 3. The zero-order valence-electron chi connectivity index (χ0n) is 12.0. The molecule has 0 aliphatic heterocycles. The van der Waals surface area contributed by atoms with E-state index in [0.29, 0.717) is 0 Å². The Bertz CT molecular complexity index is 746. The van der Waals surface area contributed by atoms with Crippen molar-refractivity contribution < 1.29 is 0 Å². The molecule has 0 fully saturated rings. The van der Waals surface area contributed by atoms with Gasteiger partial charge in [-0.15, -0.1) is 0 Å². The summed E-state index contributed by atoms with van der Waals surface area (Å²) in [6, 6.07) is 10.5. The molecular weight excluding hydrogens is 328 g/mol. The number of aryl methyl sites for hydroxylation is 1. The normalized spacial score (nSPS) is 12.7. The smallest absolute Gasteiger partial charge is 0.0759 e. The molecule has 1 aromatic carbocycles. The quantitative estimate of drug-likeness (QED) is 0.788. The first-order valence-corrected chi connectivity index (χ1v) is 7.75. The van der Waals surface area contributed by atoms with Crippen molar-refractivity contribution >= 4 is 26.8 Å². The molecule has 0 saturated heterocycles. The summed E-state index contributed by atoms with van der Waals surface area (Å²) >= 11 is 3.60. The molecule has 0 spiro atoms. The fourth-order valence-electron chi connectivity index (χ4n) is 2.60. The van der Waals surface area contributed by atoms with Crippen molar-refractivity contribution in [2.45, 2.75) is 13.0 Å². The van der Waals surface area contributed by atoms with E-state index >= 15 is 0 Å². The molecule has 108 valence electrons. The van der Waals surface area contributed by atoms with Crippen LogP contribution in [-0.2, 0) is 7.05 Å². The number of benzene rings is 1. The molecule has 0 bridgehead atoms. The minimum atomic E-state index is 0.0986. The molecule has 5 heteroatoms. The van der Waals surface area contributed by atoms with Gasteiger partial charge in [-0.05, 0) is 46.2 Å². The van der Waals surface area contributed by atoms with E-state index in [2.05, 4.69) is 62.5 Å². The lowest BCUT2D eigenvalue weighted by atomic mass is 10.0. The molecule has 21 heavy (non-hydrogen) atoms. The molecule has 2 heterocycles. The van der Waals surface area contributed by atoms with Gasteiger partial charge in [-0.1, -0.05) is 19.1 Å². The maximum atomic E-state index is 4.38. The highest BCUT2D eigenvalue weighted by Crippen LogP contribution is 2.29. The van der Waals surface area contributed by atoms with Gasteiger partial charge in [0.2, 0.25) is 0 Å². The SMILES string of the molecule is CCNC(c1ccc2ncccc2c1)c1c(Br)cnn1C. The van der Waals surface area contributed by atoms with Crippen LogP contribution in [0.5, 0.6) is 0 Å². The van der Waals surface area contributed by atoms with Crippen LogP contribution in [0.2, 0.25) is 0 Å². The zero-order valence-corrected chi connectivity index (χ0v) is 13.6. The van der Waals surface area contributed by atoms with E-state index in [-0.39, 0.29) is 6.04 Å². The molecule has 4 nitrogen and oxygen atoms in total. The number of halogens is 1. The topological polar surface area (TPSA) is 42.7 Å².